The average molecular weight is 275 g/mol. The maximum Gasteiger partial charge on any atom is 0.254 e. The van der Waals surface area contributed by atoms with Gasteiger partial charge in [0.05, 0.1) is 6.04 Å². The molecule has 0 saturated heterocycles. The highest BCUT2D eigenvalue weighted by atomic mass is 32.1. The molecule has 2 aromatic rings. The molecule has 0 saturated carbocycles. The minimum Gasteiger partial charge on any atom is -0.331 e. The molecule has 4 heteroatoms. The molecule has 3 rings (SSSR count). The Bertz CT molecular complexity index is 622. The van der Waals surface area contributed by atoms with Crippen LogP contribution in [-0.2, 0) is 6.42 Å². The molecule has 19 heavy (non-hydrogen) atoms. The topological polar surface area (TPSA) is 20.3 Å². The Balaban J connectivity index is 1.90. The predicted octanol–water partition coefficient (Wildman–Crippen LogP) is 3.65. The second-order valence-corrected chi connectivity index (χ2v) is 5.73. The van der Waals surface area contributed by atoms with Crippen LogP contribution in [-0.4, -0.2) is 17.4 Å². The molecule has 1 aromatic carbocycles. The monoisotopic (exact) mass is 275 g/mol. The first kappa shape index (κ1) is 12.4. The summed E-state index contributed by atoms with van der Waals surface area (Å²) in [5.41, 5.74) is 1.64. The van der Waals surface area contributed by atoms with Crippen LogP contribution in [0.15, 0.2) is 35.7 Å². The van der Waals surface area contributed by atoms with E-state index < -0.39 is 0 Å². The van der Waals surface area contributed by atoms with E-state index in [0.29, 0.717) is 12.1 Å². The Hall–Kier alpha value is -1.68. The second kappa shape index (κ2) is 4.78. The molecule has 2 nitrogen and oxygen atoms in total. The van der Waals surface area contributed by atoms with Crippen molar-refractivity contribution < 1.29 is 9.18 Å². The fraction of sp³-hybridized carbons (Fsp3) is 0.267. The van der Waals surface area contributed by atoms with Crippen molar-refractivity contribution in [2.75, 3.05) is 6.54 Å². The van der Waals surface area contributed by atoms with Crippen molar-refractivity contribution in [3.8, 4) is 0 Å². The summed E-state index contributed by atoms with van der Waals surface area (Å²) in [5, 5.41) is 2.07. The first-order valence-corrected chi connectivity index (χ1v) is 7.17. The van der Waals surface area contributed by atoms with E-state index in [-0.39, 0.29) is 17.8 Å². The minimum atomic E-state index is -0.369. The van der Waals surface area contributed by atoms with Crippen molar-refractivity contribution in [3.63, 3.8) is 0 Å². The number of hydrogen-bond acceptors (Lipinski definition) is 2. The third kappa shape index (κ3) is 2.16. The van der Waals surface area contributed by atoms with Gasteiger partial charge in [-0.25, -0.2) is 4.39 Å². The van der Waals surface area contributed by atoms with E-state index in [4.69, 9.17) is 0 Å². The first-order valence-electron chi connectivity index (χ1n) is 6.29. The summed E-state index contributed by atoms with van der Waals surface area (Å²) in [6.07, 6.45) is 0.887. The predicted molar refractivity (Wildman–Crippen MR) is 73.9 cm³/mol. The van der Waals surface area contributed by atoms with E-state index in [1.165, 1.54) is 22.6 Å². The van der Waals surface area contributed by atoms with Crippen LogP contribution >= 0.6 is 11.3 Å². The van der Waals surface area contributed by atoms with Gasteiger partial charge in [-0.3, -0.25) is 4.79 Å². The number of benzene rings is 1. The smallest absolute Gasteiger partial charge is 0.254 e. The lowest BCUT2D eigenvalue weighted by Crippen LogP contribution is -2.38. The number of carbonyl (C=O) groups is 1. The van der Waals surface area contributed by atoms with E-state index in [0.717, 1.165) is 6.42 Å². The Labute approximate surface area is 115 Å². The third-order valence-electron chi connectivity index (χ3n) is 3.61. The molecular formula is C15H14FNOS. The van der Waals surface area contributed by atoms with Crippen LogP contribution in [0.4, 0.5) is 4.39 Å². The highest BCUT2D eigenvalue weighted by Crippen LogP contribution is 2.33. The number of carbonyl (C=O) groups excluding carboxylic acids is 1. The number of fused-ring (bicyclic) bond motifs is 1. The molecule has 1 amide bonds. The molecule has 0 radical (unpaired) electrons. The van der Waals surface area contributed by atoms with Crippen LogP contribution in [0.25, 0.3) is 0 Å². The number of rotatable bonds is 1. The van der Waals surface area contributed by atoms with Gasteiger partial charge in [-0.1, -0.05) is 6.07 Å². The summed E-state index contributed by atoms with van der Waals surface area (Å²) in [6, 6.07) is 8.04. The number of hydrogen-bond donors (Lipinski definition) is 0. The van der Waals surface area contributed by atoms with Gasteiger partial charge in [-0.05, 0) is 48.6 Å². The molecule has 2 heterocycles. The van der Waals surface area contributed by atoms with E-state index in [1.807, 2.05) is 11.8 Å². The van der Waals surface area contributed by atoms with E-state index in [1.54, 1.807) is 23.5 Å². The molecule has 0 spiro atoms. The van der Waals surface area contributed by atoms with Crippen molar-refractivity contribution >= 4 is 17.2 Å². The fourth-order valence-corrected chi connectivity index (χ4v) is 3.54. The van der Waals surface area contributed by atoms with E-state index >= 15 is 0 Å². The van der Waals surface area contributed by atoms with Gasteiger partial charge in [0, 0.05) is 17.0 Å². The molecule has 0 fully saturated rings. The normalized spacial score (nSPS) is 18.2. The zero-order valence-corrected chi connectivity index (χ0v) is 11.4. The van der Waals surface area contributed by atoms with Gasteiger partial charge in [-0.15, -0.1) is 11.3 Å². The lowest BCUT2D eigenvalue weighted by molar-refractivity contribution is 0.0679. The van der Waals surface area contributed by atoms with Crippen LogP contribution in [0, 0.1) is 5.82 Å². The van der Waals surface area contributed by atoms with Gasteiger partial charge in [0.15, 0.2) is 0 Å². The zero-order chi connectivity index (χ0) is 13.4. The third-order valence-corrected chi connectivity index (χ3v) is 4.61. The maximum absolute atomic E-state index is 13.2. The molecule has 0 N–H and O–H groups in total. The van der Waals surface area contributed by atoms with Crippen LogP contribution in [0.2, 0.25) is 0 Å². The number of thiophene rings is 1. The van der Waals surface area contributed by atoms with Crippen molar-refractivity contribution in [3.05, 3.63) is 57.5 Å². The van der Waals surface area contributed by atoms with Crippen LogP contribution in [0.5, 0.6) is 0 Å². The van der Waals surface area contributed by atoms with Crippen LogP contribution < -0.4 is 0 Å². The largest absolute Gasteiger partial charge is 0.331 e. The van der Waals surface area contributed by atoms with Crippen molar-refractivity contribution in [2.24, 2.45) is 0 Å². The molecule has 98 valence electrons. The quantitative estimate of drug-likeness (QED) is 0.778. The van der Waals surface area contributed by atoms with Gasteiger partial charge in [0.2, 0.25) is 0 Å². The molecular weight excluding hydrogens is 261 g/mol. The summed E-state index contributed by atoms with van der Waals surface area (Å²) in [7, 11) is 0. The summed E-state index contributed by atoms with van der Waals surface area (Å²) in [6.45, 7) is 2.73. The lowest BCUT2D eigenvalue weighted by Gasteiger charge is -2.33. The molecule has 1 atom stereocenters. The van der Waals surface area contributed by atoms with Crippen LogP contribution in [0.1, 0.15) is 33.8 Å². The zero-order valence-electron chi connectivity index (χ0n) is 10.6. The summed E-state index contributed by atoms with van der Waals surface area (Å²) in [4.78, 5) is 15.6. The molecule has 0 aliphatic carbocycles. The summed E-state index contributed by atoms with van der Waals surface area (Å²) in [5.74, 6) is -0.462. The highest BCUT2D eigenvalue weighted by Gasteiger charge is 2.28. The highest BCUT2D eigenvalue weighted by molar-refractivity contribution is 7.10. The van der Waals surface area contributed by atoms with Crippen LogP contribution in [0.3, 0.4) is 0 Å². The van der Waals surface area contributed by atoms with Gasteiger partial charge in [0.1, 0.15) is 5.82 Å². The Morgan fingerprint density at radius 3 is 3.05 bits per heavy atom. The molecule has 1 aliphatic heterocycles. The maximum atomic E-state index is 13.2. The second-order valence-electron chi connectivity index (χ2n) is 4.73. The molecule has 1 aliphatic rings. The lowest BCUT2D eigenvalue weighted by atomic mass is 10.0. The fourth-order valence-electron chi connectivity index (χ4n) is 2.57. The number of nitrogens with zero attached hydrogens (tertiary/aromatic N) is 1. The van der Waals surface area contributed by atoms with Crippen molar-refractivity contribution in [1.29, 1.82) is 0 Å². The van der Waals surface area contributed by atoms with Crippen molar-refractivity contribution in [1.82, 2.24) is 4.90 Å². The number of amides is 1. The first-order chi connectivity index (χ1) is 9.16. The minimum absolute atomic E-state index is 0.0609. The number of halogens is 1. The molecule has 0 unspecified atom stereocenters. The summed E-state index contributed by atoms with van der Waals surface area (Å²) >= 11 is 1.74. The Morgan fingerprint density at radius 1 is 1.42 bits per heavy atom. The van der Waals surface area contributed by atoms with Gasteiger partial charge in [-0.2, -0.15) is 0 Å². The Morgan fingerprint density at radius 2 is 2.26 bits per heavy atom. The van der Waals surface area contributed by atoms with E-state index in [2.05, 4.69) is 11.4 Å². The van der Waals surface area contributed by atoms with E-state index in [9.17, 15) is 9.18 Å². The van der Waals surface area contributed by atoms with Gasteiger partial charge >= 0.3 is 0 Å². The standard InChI is InChI=1S/C15H14FNOS/c1-10-13-6-8-19-14(13)5-7-17(10)15(18)11-3-2-4-12(16)9-11/h2-4,6,8-10H,5,7H2,1H3/t10-/m1/s1. The van der Waals surface area contributed by atoms with Gasteiger partial charge < -0.3 is 4.90 Å². The SMILES string of the molecule is C[C@@H]1c2ccsc2CCN1C(=O)c1cccc(F)c1. The van der Waals surface area contributed by atoms with Crippen molar-refractivity contribution in [2.45, 2.75) is 19.4 Å². The Kier molecular flexibility index (Phi) is 3.11. The average Bonchev–Trinajstić information content (AvgIpc) is 2.88. The molecule has 1 aromatic heterocycles. The van der Waals surface area contributed by atoms with Gasteiger partial charge in [0.25, 0.3) is 5.91 Å². The molecule has 0 bridgehead atoms. The summed E-state index contributed by atoms with van der Waals surface area (Å²) < 4.78 is 13.2.